The lowest BCUT2D eigenvalue weighted by molar-refractivity contribution is -0.121. The predicted molar refractivity (Wildman–Crippen MR) is 112 cm³/mol. The number of hydrogen-bond donors (Lipinski definition) is 2. The van der Waals surface area contributed by atoms with Crippen LogP contribution >= 0.6 is 24.0 Å². The van der Waals surface area contributed by atoms with Gasteiger partial charge in [0.2, 0.25) is 5.91 Å². The van der Waals surface area contributed by atoms with Crippen molar-refractivity contribution in [2.24, 2.45) is 4.99 Å². The van der Waals surface area contributed by atoms with E-state index >= 15 is 0 Å². The van der Waals surface area contributed by atoms with Gasteiger partial charge in [-0.05, 0) is 31.4 Å². The van der Waals surface area contributed by atoms with Gasteiger partial charge in [0.15, 0.2) is 5.96 Å². The van der Waals surface area contributed by atoms with E-state index in [1.54, 1.807) is 7.05 Å². The van der Waals surface area contributed by atoms with Crippen LogP contribution in [0.5, 0.6) is 0 Å². The largest absolute Gasteiger partial charge is 0.356 e. The lowest BCUT2D eigenvalue weighted by Gasteiger charge is -2.23. The van der Waals surface area contributed by atoms with Gasteiger partial charge < -0.3 is 15.5 Å². The number of halogens is 1. The highest BCUT2D eigenvalue weighted by atomic mass is 127. The van der Waals surface area contributed by atoms with Crippen LogP contribution in [0.2, 0.25) is 0 Å². The summed E-state index contributed by atoms with van der Waals surface area (Å²) in [5.74, 6) is 0.869. The normalized spacial score (nSPS) is 12.1. The molecule has 0 heterocycles. The third-order valence-corrected chi connectivity index (χ3v) is 3.90. The molecule has 24 heavy (non-hydrogen) atoms. The topological polar surface area (TPSA) is 56.7 Å². The number of amides is 1. The Bertz CT molecular complexity index is 534. The summed E-state index contributed by atoms with van der Waals surface area (Å²) in [6.45, 7) is 7.54. The van der Waals surface area contributed by atoms with E-state index in [9.17, 15) is 4.79 Å². The molecule has 0 aliphatic carbocycles. The van der Waals surface area contributed by atoms with Crippen molar-refractivity contribution in [1.82, 2.24) is 15.5 Å². The highest BCUT2D eigenvalue weighted by Gasteiger charge is 2.09. The van der Waals surface area contributed by atoms with E-state index < -0.39 is 0 Å². The summed E-state index contributed by atoms with van der Waals surface area (Å²) >= 11 is 0. The first-order chi connectivity index (χ1) is 11.0. The van der Waals surface area contributed by atoms with Crippen molar-refractivity contribution in [3.8, 4) is 0 Å². The molecule has 1 atom stereocenters. The first kappa shape index (κ1) is 22.7. The van der Waals surface area contributed by atoms with Gasteiger partial charge >= 0.3 is 0 Å². The van der Waals surface area contributed by atoms with Crippen molar-refractivity contribution in [2.75, 3.05) is 20.6 Å². The molecule has 6 heteroatoms. The summed E-state index contributed by atoms with van der Waals surface area (Å²) in [5.41, 5.74) is 2.54. The molecule has 0 saturated carbocycles. The molecule has 0 spiro atoms. The number of carbonyl (C=O) groups is 1. The number of rotatable bonds is 7. The van der Waals surface area contributed by atoms with Crippen molar-refractivity contribution in [2.45, 2.75) is 46.2 Å². The van der Waals surface area contributed by atoms with Gasteiger partial charge in [-0.25, -0.2) is 0 Å². The fourth-order valence-corrected chi connectivity index (χ4v) is 2.24. The molecule has 5 nitrogen and oxygen atoms in total. The van der Waals surface area contributed by atoms with E-state index in [2.05, 4.69) is 46.5 Å². The average molecular weight is 446 g/mol. The molecule has 0 saturated heterocycles. The van der Waals surface area contributed by atoms with Gasteiger partial charge in [0.05, 0.1) is 0 Å². The zero-order chi connectivity index (χ0) is 17.2. The lowest BCUT2D eigenvalue weighted by Crippen LogP contribution is -2.41. The number of carbonyl (C=O) groups excluding carboxylic acids is 1. The van der Waals surface area contributed by atoms with Crippen LogP contribution in [-0.2, 0) is 11.3 Å². The summed E-state index contributed by atoms with van der Waals surface area (Å²) in [4.78, 5) is 18.1. The van der Waals surface area contributed by atoms with Gasteiger partial charge in [-0.1, -0.05) is 31.2 Å². The van der Waals surface area contributed by atoms with Gasteiger partial charge in [-0.15, -0.1) is 24.0 Å². The monoisotopic (exact) mass is 446 g/mol. The number of hydrogen-bond acceptors (Lipinski definition) is 2. The number of nitrogens with zero attached hydrogens (tertiary/aromatic N) is 2. The summed E-state index contributed by atoms with van der Waals surface area (Å²) in [5, 5.41) is 6.21. The minimum Gasteiger partial charge on any atom is -0.356 e. The summed E-state index contributed by atoms with van der Waals surface area (Å²) < 4.78 is 0. The fraction of sp³-hybridized carbons (Fsp3) is 0.556. The molecule has 0 aliphatic heterocycles. The molecule has 0 aliphatic rings. The predicted octanol–water partition coefficient (Wildman–Crippen LogP) is 2.93. The maximum absolute atomic E-state index is 11.8. The standard InChI is InChI=1S/C18H30N4O.HI/c1-6-15(3)21-17(23)11-12-20-18(19-4)22(5)13-16-10-8-7-9-14(16)2;/h7-10,15H,6,11-13H2,1-5H3,(H,19,20)(H,21,23);1H. The number of benzene rings is 1. The fourth-order valence-electron chi connectivity index (χ4n) is 2.24. The Kier molecular flexibility index (Phi) is 11.4. The molecule has 1 amide bonds. The van der Waals surface area contributed by atoms with Gasteiger partial charge in [-0.3, -0.25) is 9.79 Å². The Morgan fingerprint density at radius 1 is 1.33 bits per heavy atom. The van der Waals surface area contributed by atoms with E-state index in [1.165, 1.54) is 11.1 Å². The van der Waals surface area contributed by atoms with Crippen LogP contribution in [0.25, 0.3) is 0 Å². The average Bonchev–Trinajstić information content (AvgIpc) is 2.53. The quantitative estimate of drug-likeness (QED) is 0.385. The maximum atomic E-state index is 11.8. The van der Waals surface area contributed by atoms with E-state index in [1.807, 2.05) is 26.1 Å². The Morgan fingerprint density at radius 2 is 2.00 bits per heavy atom. The maximum Gasteiger partial charge on any atom is 0.221 e. The Labute approximate surface area is 163 Å². The molecule has 0 fully saturated rings. The first-order valence-electron chi connectivity index (χ1n) is 8.23. The van der Waals surface area contributed by atoms with Crippen molar-refractivity contribution in [3.63, 3.8) is 0 Å². The van der Waals surface area contributed by atoms with Crippen LogP contribution in [0.15, 0.2) is 29.3 Å². The minimum absolute atomic E-state index is 0. The second kappa shape index (κ2) is 12.1. The van der Waals surface area contributed by atoms with Crippen molar-refractivity contribution >= 4 is 35.8 Å². The van der Waals surface area contributed by atoms with Crippen LogP contribution < -0.4 is 10.6 Å². The molecule has 1 rings (SSSR count). The minimum atomic E-state index is 0. The van der Waals surface area contributed by atoms with E-state index in [-0.39, 0.29) is 35.9 Å². The molecule has 1 aromatic carbocycles. The Balaban J connectivity index is 0.00000529. The van der Waals surface area contributed by atoms with Crippen LogP contribution in [0.1, 0.15) is 37.8 Å². The number of aryl methyl sites for hydroxylation is 1. The summed E-state index contributed by atoms with van der Waals surface area (Å²) in [7, 11) is 3.76. The molecule has 2 N–H and O–H groups in total. The molecule has 136 valence electrons. The molecular formula is C18H31IN4O. The summed E-state index contributed by atoms with van der Waals surface area (Å²) in [6.07, 6.45) is 1.39. The molecule has 1 aromatic rings. The van der Waals surface area contributed by atoms with Gasteiger partial charge in [-0.2, -0.15) is 0 Å². The third-order valence-electron chi connectivity index (χ3n) is 3.90. The van der Waals surface area contributed by atoms with Crippen LogP contribution in [0, 0.1) is 6.92 Å². The summed E-state index contributed by atoms with van der Waals surface area (Å²) in [6, 6.07) is 8.55. The molecular weight excluding hydrogens is 415 g/mol. The molecule has 0 radical (unpaired) electrons. The Morgan fingerprint density at radius 3 is 2.58 bits per heavy atom. The number of guanidine groups is 1. The highest BCUT2D eigenvalue weighted by molar-refractivity contribution is 14.0. The second-order valence-electron chi connectivity index (χ2n) is 5.88. The molecule has 0 aromatic heterocycles. The van der Waals surface area contributed by atoms with Crippen LogP contribution in [-0.4, -0.2) is 43.4 Å². The highest BCUT2D eigenvalue weighted by Crippen LogP contribution is 2.09. The smallest absolute Gasteiger partial charge is 0.221 e. The lowest BCUT2D eigenvalue weighted by atomic mass is 10.1. The van der Waals surface area contributed by atoms with Gasteiger partial charge in [0.25, 0.3) is 0 Å². The van der Waals surface area contributed by atoms with Gasteiger partial charge in [0, 0.05) is 39.6 Å². The van der Waals surface area contributed by atoms with Crippen molar-refractivity contribution in [3.05, 3.63) is 35.4 Å². The number of aliphatic imine (C=N–C) groups is 1. The zero-order valence-corrected chi connectivity index (χ0v) is 17.8. The molecule has 1 unspecified atom stereocenters. The van der Waals surface area contributed by atoms with Crippen LogP contribution in [0.3, 0.4) is 0 Å². The van der Waals surface area contributed by atoms with Crippen molar-refractivity contribution < 1.29 is 4.79 Å². The number of nitrogens with one attached hydrogen (secondary N) is 2. The molecule has 0 bridgehead atoms. The van der Waals surface area contributed by atoms with Crippen molar-refractivity contribution in [1.29, 1.82) is 0 Å². The zero-order valence-electron chi connectivity index (χ0n) is 15.4. The van der Waals surface area contributed by atoms with E-state index in [0.29, 0.717) is 13.0 Å². The van der Waals surface area contributed by atoms with E-state index in [4.69, 9.17) is 0 Å². The van der Waals surface area contributed by atoms with E-state index in [0.717, 1.165) is 18.9 Å². The van der Waals surface area contributed by atoms with Gasteiger partial charge in [0.1, 0.15) is 0 Å². The first-order valence-corrected chi connectivity index (χ1v) is 8.23. The second-order valence-corrected chi connectivity index (χ2v) is 5.88. The third kappa shape index (κ3) is 7.99. The Hall–Kier alpha value is -1.31. The van der Waals surface area contributed by atoms with Crippen LogP contribution in [0.4, 0.5) is 0 Å². The SMILES string of the molecule is CCC(C)NC(=O)CCNC(=NC)N(C)Cc1ccccc1C.I.